The van der Waals surface area contributed by atoms with Crippen LogP contribution in [0.5, 0.6) is 0 Å². The number of benzene rings is 1. The van der Waals surface area contributed by atoms with Crippen LogP contribution in [0, 0.1) is 17.7 Å². The number of nitrogens with zero attached hydrogens (tertiary/aromatic N) is 1. The number of carbonyl (C=O) groups is 2. The van der Waals surface area contributed by atoms with Crippen molar-refractivity contribution in [2.24, 2.45) is 11.8 Å². The molecule has 6 heteroatoms. The summed E-state index contributed by atoms with van der Waals surface area (Å²) in [6.45, 7) is 2.23. The van der Waals surface area contributed by atoms with Crippen LogP contribution in [0.25, 0.3) is 0 Å². The van der Waals surface area contributed by atoms with Gasteiger partial charge in [0.2, 0.25) is 0 Å². The summed E-state index contributed by atoms with van der Waals surface area (Å²) in [6.07, 6.45) is 5.49. The lowest BCUT2D eigenvalue weighted by molar-refractivity contribution is -0.134. The summed E-state index contributed by atoms with van der Waals surface area (Å²) in [6, 6.07) is 6.00. The van der Waals surface area contributed by atoms with Gasteiger partial charge in [0, 0.05) is 13.0 Å². The fraction of sp³-hybridized carbons (Fsp3) is 0.600. The molecule has 26 heavy (non-hydrogen) atoms. The van der Waals surface area contributed by atoms with Gasteiger partial charge >= 0.3 is 6.03 Å². The van der Waals surface area contributed by atoms with E-state index in [2.05, 4.69) is 10.6 Å². The number of urea groups is 1. The van der Waals surface area contributed by atoms with Gasteiger partial charge in [-0.2, -0.15) is 0 Å². The predicted octanol–water partition coefficient (Wildman–Crippen LogP) is 2.46. The molecule has 0 spiro atoms. The SMILES string of the molecule is O=C1NC(Cc2ccc(F)cc2)(C2CCNCC2)C(=O)N1CC1CCC1. The number of nitrogens with one attached hydrogen (secondary N) is 2. The van der Waals surface area contributed by atoms with E-state index in [1.54, 1.807) is 12.1 Å². The molecule has 1 atom stereocenters. The van der Waals surface area contributed by atoms with Crippen LogP contribution in [-0.4, -0.2) is 42.0 Å². The van der Waals surface area contributed by atoms with Gasteiger partial charge in [-0.1, -0.05) is 18.6 Å². The summed E-state index contributed by atoms with van der Waals surface area (Å²) in [5, 5.41) is 6.40. The molecule has 3 fully saturated rings. The number of carbonyl (C=O) groups excluding carboxylic acids is 2. The predicted molar refractivity (Wildman–Crippen MR) is 96.0 cm³/mol. The molecule has 140 valence electrons. The zero-order chi connectivity index (χ0) is 18.1. The standard InChI is InChI=1S/C20H26FN3O2/c21-17-6-4-14(5-7-17)12-20(16-8-10-22-11-9-16)18(25)24(19(26)23-20)13-15-2-1-3-15/h4-7,15-16,22H,1-3,8-13H2,(H,23,26). The molecule has 1 saturated carbocycles. The Morgan fingerprint density at radius 1 is 1.08 bits per heavy atom. The summed E-state index contributed by atoms with van der Waals surface area (Å²) >= 11 is 0. The highest BCUT2D eigenvalue weighted by Crippen LogP contribution is 2.37. The monoisotopic (exact) mass is 359 g/mol. The molecule has 2 saturated heterocycles. The second-order valence-corrected chi connectivity index (χ2v) is 7.94. The van der Waals surface area contributed by atoms with Crippen LogP contribution in [0.15, 0.2) is 24.3 Å². The Balaban J connectivity index is 1.62. The zero-order valence-corrected chi connectivity index (χ0v) is 15.0. The Hall–Kier alpha value is -1.95. The van der Waals surface area contributed by atoms with Crippen molar-refractivity contribution in [1.29, 1.82) is 0 Å². The molecule has 0 bridgehead atoms. The second-order valence-electron chi connectivity index (χ2n) is 7.94. The molecule has 1 aromatic carbocycles. The average Bonchev–Trinajstić information content (AvgIpc) is 2.85. The summed E-state index contributed by atoms with van der Waals surface area (Å²) < 4.78 is 13.3. The number of imide groups is 1. The zero-order valence-electron chi connectivity index (χ0n) is 15.0. The highest BCUT2D eigenvalue weighted by Gasteiger charge is 2.55. The second kappa shape index (κ2) is 6.99. The molecule has 2 aliphatic heterocycles. The molecular formula is C20H26FN3O2. The van der Waals surface area contributed by atoms with Gasteiger partial charge in [0.1, 0.15) is 11.4 Å². The minimum absolute atomic E-state index is 0.0920. The van der Waals surface area contributed by atoms with Gasteiger partial charge in [-0.25, -0.2) is 9.18 Å². The molecule has 3 aliphatic rings. The van der Waals surface area contributed by atoms with Crippen LogP contribution in [0.1, 0.15) is 37.7 Å². The molecular weight excluding hydrogens is 333 g/mol. The molecule has 4 rings (SSSR count). The van der Waals surface area contributed by atoms with Gasteiger partial charge in [0.15, 0.2) is 0 Å². The first kappa shape index (κ1) is 17.5. The van der Waals surface area contributed by atoms with E-state index < -0.39 is 5.54 Å². The van der Waals surface area contributed by atoms with Crippen molar-refractivity contribution in [1.82, 2.24) is 15.5 Å². The van der Waals surface area contributed by atoms with E-state index >= 15 is 0 Å². The van der Waals surface area contributed by atoms with Gasteiger partial charge in [-0.3, -0.25) is 9.69 Å². The van der Waals surface area contributed by atoms with Crippen molar-refractivity contribution < 1.29 is 14.0 Å². The lowest BCUT2D eigenvalue weighted by Crippen LogP contribution is -2.57. The summed E-state index contributed by atoms with van der Waals surface area (Å²) in [7, 11) is 0. The molecule has 0 radical (unpaired) electrons. The summed E-state index contributed by atoms with van der Waals surface area (Å²) in [4.78, 5) is 27.6. The largest absolute Gasteiger partial charge is 0.325 e. The number of amides is 3. The third-order valence-corrected chi connectivity index (χ3v) is 6.30. The Morgan fingerprint density at radius 2 is 1.77 bits per heavy atom. The first-order valence-corrected chi connectivity index (χ1v) is 9.68. The Labute approximate surface area is 153 Å². The molecule has 1 aromatic rings. The van der Waals surface area contributed by atoms with Crippen LogP contribution in [-0.2, 0) is 11.2 Å². The van der Waals surface area contributed by atoms with Crippen LogP contribution in [0.3, 0.4) is 0 Å². The van der Waals surface area contributed by atoms with Crippen LogP contribution >= 0.6 is 0 Å². The molecule has 2 N–H and O–H groups in total. The highest BCUT2D eigenvalue weighted by molar-refractivity contribution is 6.07. The van der Waals surface area contributed by atoms with Gasteiger partial charge in [-0.15, -0.1) is 0 Å². The minimum atomic E-state index is -0.902. The van der Waals surface area contributed by atoms with E-state index in [0.717, 1.165) is 44.3 Å². The van der Waals surface area contributed by atoms with Crippen LogP contribution in [0.2, 0.25) is 0 Å². The van der Waals surface area contributed by atoms with Crippen molar-refractivity contribution in [3.63, 3.8) is 0 Å². The molecule has 3 amide bonds. The van der Waals surface area contributed by atoms with Crippen molar-refractivity contribution in [3.8, 4) is 0 Å². The van der Waals surface area contributed by atoms with Crippen LogP contribution in [0.4, 0.5) is 9.18 Å². The first-order chi connectivity index (χ1) is 12.6. The van der Waals surface area contributed by atoms with E-state index in [1.807, 2.05) is 0 Å². The summed E-state index contributed by atoms with van der Waals surface area (Å²) in [5.41, 5.74) is -0.0232. The topological polar surface area (TPSA) is 61.4 Å². The van der Waals surface area contributed by atoms with Gasteiger partial charge < -0.3 is 10.6 Å². The molecule has 2 heterocycles. The molecule has 5 nitrogen and oxygen atoms in total. The summed E-state index contributed by atoms with van der Waals surface area (Å²) in [5.74, 6) is 0.152. The van der Waals surface area contributed by atoms with Gasteiger partial charge in [0.05, 0.1) is 0 Å². The third-order valence-electron chi connectivity index (χ3n) is 6.30. The van der Waals surface area contributed by atoms with Gasteiger partial charge in [-0.05, 0) is 68.3 Å². The van der Waals surface area contributed by atoms with E-state index in [9.17, 15) is 14.0 Å². The highest BCUT2D eigenvalue weighted by atomic mass is 19.1. The van der Waals surface area contributed by atoms with E-state index in [1.165, 1.54) is 23.5 Å². The molecule has 0 aromatic heterocycles. The maximum absolute atomic E-state index is 13.4. The third kappa shape index (κ3) is 3.11. The fourth-order valence-electron chi connectivity index (χ4n) is 4.52. The minimum Gasteiger partial charge on any atom is -0.322 e. The Bertz CT molecular complexity index is 683. The van der Waals surface area contributed by atoms with Crippen molar-refractivity contribution >= 4 is 11.9 Å². The van der Waals surface area contributed by atoms with E-state index in [-0.39, 0.29) is 23.7 Å². The van der Waals surface area contributed by atoms with E-state index in [4.69, 9.17) is 0 Å². The van der Waals surface area contributed by atoms with Crippen molar-refractivity contribution in [2.75, 3.05) is 19.6 Å². The maximum atomic E-state index is 13.4. The Kier molecular flexibility index (Phi) is 4.69. The Morgan fingerprint density at radius 3 is 2.38 bits per heavy atom. The molecule has 1 unspecified atom stereocenters. The molecule has 1 aliphatic carbocycles. The number of hydrogen-bond donors (Lipinski definition) is 2. The normalized spacial score (nSPS) is 27.5. The maximum Gasteiger partial charge on any atom is 0.325 e. The number of rotatable bonds is 5. The van der Waals surface area contributed by atoms with Crippen LogP contribution < -0.4 is 10.6 Å². The number of piperidine rings is 1. The quantitative estimate of drug-likeness (QED) is 0.794. The van der Waals surface area contributed by atoms with Crippen molar-refractivity contribution in [2.45, 2.75) is 44.1 Å². The number of hydrogen-bond acceptors (Lipinski definition) is 3. The van der Waals surface area contributed by atoms with Gasteiger partial charge in [0.25, 0.3) is 5.91 Å². The average molecular weight is 359 g/mol. The smallest absolute Gasteiger partial charge is 0.322 e. The lowest BCUT2D eigenvalue weighted by Gasteiger charge is -2.38. The van der Waals surface area contributed by atoms with E-state index in [0.29, 0.717) is 18.9 Å². The van der Waals surface area contributed by atoms with Crippen molar-refractivity contribution in [3.05, 3.63) is 35.6 Å². The fourth-order valence-corrected chi connectivity index (χ4v) is 4.52. The lowest BCUT2D eigenvalue weighted by atomic mass is 9.74. The first-order valence-electron chi connectivity index (χ1n) is 9.68. The number of halogens is 1.